The van der Waals surface area contributed by atoms with E-state index in [0.717, 1.165) is 23.3 Å². The van der Waals surface area contributed by atoms with E-state index in [0.29, 0.717) is 0 Å². The van der Waals surface area contributed by atoms with E-state index < -0.39 is 0 Å². The third-order valence-corrected chi connectivity index (χ3v) is 3.09. The van der Waals surface area contributed by atoms with Crippen LogP contribution in [0, 0.1) is 0 Å². The van der Waals surface area contributed by atoms with Crippen LogP contribution in [0.3, 0.4) is 0 Å². The van der Waals surface area contributed by atoms with Gasteiger partial charge in [-0.15, -0.1) is 0 Å². The quantitative estimate of drug-likeness (QED) is 0.670. The Hall–Kier alpha value is -1.02. The molecule has 0 amide bonds. The lowest BCUT2D eigenvalue weighted by Gasteiger charge is -2.31. The molecular weight excluding hydrogens is 174 g/mol. The van der Waals surface area contributed by atoms with E-state index >= 15 is 0 Å². The van der Waals surface area contributed by atoms with Gasteiger partial charge in [0.05, 0.1) is 27.2 Å². The van der Waals surface area contributed by atoms with Crippen molar-refractivity contribution < 1.29 is 4.74 Å². The second kappa shape index (κ2) is 4.47. The van der Waals surface area contributed by atoms with Gasteiger partial charge < -0.3 is 4.74 Å². The SMILES string of the molecule is CC[N+](C)(CC)c1ccc(OC)cc1. The van der Waals surface area contributed by atoms with Gasteiger partial charge in [0.1, 0.15) is 11.4 Å². The van der Waals surface area contributed by atoms with Gasteiger partial charge in [-0.25, -0.2) is 0 Å². The zero-order chi connectivity index (χ0) is 10.6. The molecule has 0 atom stereocenters. The molecule has 0 bridgehead atoms. The summed E-state index contributed by atoms with van der Waals surface area (Å²) in [7, 11) is 3.95. The first-order valence-electron chi connectivity index (χ1n) is 5.15. The van der Waals surface area contributed by atoms with Crippen molar-refractivity contribution in [3.8, 4) is 5.75 Å². The molecule has 14 heavy (non-hydrogen) atoms. The number of benzene rings is 1. The van der Waals surface area contributed by atoms with E-state index in [2.05, 4.69) is 33.0 Å². The lowest BCUT2D eigenvalue weighted by Crippen LogP contribution is -2.44. The van der Waals surface area contributed by atoms with Gasteiger partial charge in [-0.2, -0.15) is 0 Å². The van der Waals surface area contributed by atoms with Crippen molar-refractivity contribution >= 4 is 5.69 Å². The van der Waals surface area contributed by atoms with Gasteiger partial charge in [-0.3, -0.25) is 4.48 Å². The molecule has 2 nitrogen and oxygen atoms in total. The number of rotatable bonds is 4. The predicted octanol–water partition coefficient (Wildman–Crippen LogP) is 2.67. The van der Waals surface area contributed by atoms with Crippen molar-refractivity contribution in [1.29, 1.82) is 0 Å². The van der Waals surface area contributed by atoms with Gasteiger partial charge in [0.15, 0.2) is 0 Å². The van der Waals surface area contributed by atoms with Gasteiger partial charge in [0.25, 0.3) is 0 Å². The average Bonchev–Trinajstić information content (AvgIpc) is 2.28. The molecule has 0 spiro atoms. The largest absolute Gasteiger partial charge is 0.497 e. The van der Waals surface area contributed by atoms with Gasteiger partial charge in [-0.05, 0) is 26.0 Å². The Morgan fingerprint density at radius 1 is 1.07 bits per heavy atom. The van der Waals surface area contributed by atoms with E-state index in [1.807, 2.05) is 12.1 Å². The van der Waals surface area contributed by atoms with E-state index in [-0.39, 0.29) is 0 Å². The zero-order valence-electron chi connectivity index (χ0n) is 9.58. The Bertz CT molecular complexity index is 275. The smallest absolute Gasteiger partial charge is 0.132 e. The van der Waals surface area contributed by atoms with Crippen molar-refractivity contribution in [2.45, 2.75) is 13.8 Å². The number of hydrogen-bond donors (Lipinski definition) is 0. The Labute approximate surface area is 86.7 Å². The summed E-state index contributed by atoms with van der Waals surface area (Å²) in [6, 6.07) is 8.34. The summed E-state index contributed by atoms with van der Waals surface area (Å²) in [4.78, 5) is 0. The Kier molecular flexibility index (Phi) is 3.53. The van der Waals surface area contributed by atoms with Crippen molar-refractivity contribution in [1.82, 2.24) is 4.48 Å². The van der Waals surface area contributed by atoms with Crippen molar-refractivity contribution in [3.05, 3.63) is 24.3 Å². The number of quaternary nitrogens is 1. The molecule has 0 saturated heterocycles. The maximum atomic E-state index is 5.14. The van der Waals surface area contributed by atoms with Crippen LogP contribution in [0.15, 0.2) is 24.3 Å². The van der Waals surface area contributed by atoms with Crippen LogP contribution in [0.4, 0.5) is 5.69 Å². The highest BCUT2D eigenvalue weighted by Gasteiger charge is 2.19. The molecule has 2 heteroatoms. The van der Waals surface area contributed by atoms with Crippen LogP contribution in [0.5, 0.6) is 5.75 Å². The molecule has 0 radical (unpaired) electrons. The summed E-state index contributed by atoms with van der Waals surface area (Å²) in [6.45, 7) is 6.66. The van der Waals surface area contributed by atoms with Gasteiger partial charge in [-0.1, -0.05) is 0 Å². The molecule has 0 aliphatic carbocycles. The molecular formula is C12H20NO+. The lowest BCUT2D eigenvalue weighted by molar-refractivity contribution is 0.363. The van der Waals surface area contributed by atoms with Crippen LogP contribution in [-0.4, -0.2) is 27.2 Å². The maximum absolute atomic E-state index is 5.14. The van der Waals surface area contributed by atoms with Crippen LogP contribution < -0.4 is 9.22 Å². The summed E-state index contributed by atoms with van der Waals surface area (Å²) in [5.41, 5.74) is 1.34. The summed E-state index contributed by atoms with van der Waals surface area (Å²) in [5.74, 6) is 0.924. The standard InChI is InChI=1S/C12H20NO/c1-5-13(3,6-2)11-7-9-12(14-4)10-8-11/h7-10H,5-6H2,1-4H3/q+1. The molecule has 0 unspecified atom stereocenters. The summed E-state index contributed by atoms with van der Waals surface area (Å²) in [5, 5.41) is 0. The molecule has 0 fully saturated rings. The zero-order valence-corrected chi connectivity index (χ0v) is 9.58. The molecule has 0 aliphatic rings. The van der Waals surface area contributed by atoms with E-state index in [1.165, 1.54) is 5.69 Å². The third-order valence-electron chi connectivity index (χ3n) is 3.09. The normalized spacial score (nSPS) is 11.4. The van der Waals surface area contributed by atoms with Crippen molar-refractivity contribution in [2.75, 3.05) is 27.2 Å². The van der Waals surface area contributed by atoms with Gasteiger partial charge >= 0.3 is 0 Å². The van der Waals surface area contributed by atoms with E-state index in [9.17, 15) is 0 Å². The molecule has 0 N–H and O–H groups in total. The van der Waals surface area contributed by atoms with Crippen LogP contribution in [0.2, 0.25) is 0 Å². The molecule has 1 aromatic carbocycles. The van der Waals surface area contributed by atoms with E-state index in [4.69, 9.17) is 4.74 Å². The molecule has 0 aromatic heterocycles. The topological polar surface area (TPSA) is 9.23 Å². The number of nitrogens with zero attached hydrogens (tertiary/aromatic N) is 1. The van der Waals surface area contributed by atoms with Crippen molar-refractivity contribution in [2.24, 2.45) is 0 Å². The first kappa shape index (κ1) is 11.1. The predicted molar refractivity (Wildman–Crippen MR) is 61.8 cm³/mol. The Morgan fingerprint density at radius 2 is 1.57 bits per heavy atom. The second-order valence-electron chi connectivity index (χ2n) is 3.73. The fourth-order valence-electron chi connectivity index (χ4n) is 1.53. The highest BCUT2D eigenvalue weighted by Crippen LogP contribution is 2.23. The minimum Gasteiger partial charge on any atom is -0.497 e. The van der Waals surface area contributed by atoms with Crippen LogP contribution in [0.1, 0.15) is 13.8 Å². The second-order valence-corrected chi connectivity index (χ2v) is 3.73. The highest BCUT2D eigenvalue weighted by molar-refractivity contribution is 5.45. The van der Waals surface area contributed by atoms with Crippen molar-refractivity contribution in [3.63, 3.8) is 0 Å². The number of ether oxygens (including phenoxy) is 1. The summed E-state index contributed by atoms with van der Waals surface area (Å²) < 4.78 is 6.12. The molecule has 0 saturated carbocycles. The van der Waals surface area contributed by atoms with E-state index in [1.54, 1.807) is 7.11 Å². The van der Waals surface area contributed by atoms with Crippen LogP contribution >= 0.6 is 0 Å². The monoisotopic (exact) mass is 194 g/mol. The fourth-order valence-corrected chi connectivity index (χ4v) is 1.53. The molecule has 78 valence electrons. The minimum absolute atomic E-state index is 0.924. The number of hydrogen-bond acceptors (Lipinski definition) is 1. The Morgan fingerprint density at radius 3 is 1.93 bits per heavy atom. The lowest BCUT2D eigenvalue weighted by atomic mass is 10.2. The maximum Gasteiger partial charge on any atom is 0.132 e. The minimum atomic E-state index is 0.924. The van der Waals surface area contributed by atoms with Crippen LogP contribution in [0.25, 0.3) is 0 Å². The first-order chi connectivity index (χ1) is 6.66. The summed E-state index contributed by atoms with van der Waals surface area (Å²) in [6.07, 6.45) is 0. The van der Waals surface area contributed by atoms with Gasteiger partial charge in [0.2, 0.25) is 0 Å². The molecule has 0 aliphatic heterocycles. The third kappa shape index (κ3) is 2.07. The van der Waals surface area contributed by atoms with Gasteiger partial charge in [0, 0.05) is 12.1 Å². The summed E-state index contributed by atoms with van der Waals surface area (Å²) >= 11 is 0. The number of methoxy groups -OCH3 is 1. The fraction of sp³-hybridized carbons (Fsp3) is 0.500. The molecule has 1 aromatic rings. The molecule has 0 heterocycles. The first-order valence-corrected chi connectivity index (χ1v) is 5.15. The molecule has 1 rings (SSSR count). The highest BCUT2D eigenvalue weighted by atomic mass is 16.5. The van der Waals surface area contributed by atoms with Crippen LogP contribution in [-0.2, 0) is 0 Å². The average molecular weight is 194 g/mol. The Balaban J connectivity index is 2.95.